The molecule has 0 aliphatic rings. The summed E-state index contributed by atoms with van der Waals surface area (Å²) in [5.74, 6) is -0.376. The maximum Gasteiger partial charge on any atom is 0.408 e. The van der Waals surface area contributed by atoms with Crippen molar-refractivity contribution < 1.29 is 23.5 Å². The highest BCUT2D eigenvalue weighted by Crippen LogP contribution is 2.29. The van der Waals surface area contributed by atoms with Gasteiger partial charge in [-0.05, 0) is 65.2 Å². The van der Waals surface area contributed by atoms with Crippen molar-refractivity contribution in [3.05, 3.63) is 39.7 Å². The number of nitrogens with one attached hydrogen (secondary N) is 1. The molecule has 0 saturated heterocycles. The number of carbonyl (C=O) groups excluding carboxylic acids is 2. The van der Waals surface area contributed by atoms with Crippen LogP contribution in [0.5, 0.6) is 5.75 Å². The van der Waals surface area contributed by atoms with Crippen LogP contribution in [0, 0.1) is 6.92 Å². The SMILES string of the molecule is CCCCc1cc(=O)oc2c(C)c(OC(=O)[C@H](C)NC(=O)OC(C)(C)C)ccc12. The molecule has 7 heteroatoms. The lowest BCUT2D eigenvalue weighted by atomic mass is 10.0. The number of ether oxygens (including phenoxy) is 2. The van der Waals surface area contributed by atoms with E-state index in [0.29, 0.717) is 11.1 Å². The predicted molar refractivity (Wildman–Crippen MR) is 110 cm³/mol. The number of rotatable bonds is 6. The number of unbranched alkanes of at least 4 members (excludes halogenated alkanes) is 1. The van der Waals surface area contributed by atoms with E-state index in [-0.39, 0.29) is 5.75 Å². The first-order valence-electron chi connectivity index (χ1n) is 9.79. The Morgan fingerprint density at radius 2 is 1.93 bits per heavy atom. The van der Waals surface area contributed by atoms with Crippen molar-refractivity contribution in [3.63, 3.8) is 0 Å². The fraction of sp³-hybridized carbons (Fsp3) is 0.500. The molecule has 0 aliphatic heterocycles. The number of alkyl carbamates (subject to hydrolysis) is 1. The van der Waals surface area contributed by atoms with Crippen LogP contribution in [0.4, 0.5) is 4.79 Å². The molecule has 0 spiro atoms. The first-order chi connectivity index (χ1) is 13.5. The van der Waals surface area contributed by atoms with Crippen LogP contribution >= 0.6 is 0 Å². The maximum absolute atomic E-state index is 12.4. The van der Waals surface area contributed by atoms with Crippen molar-refractivity contribution in [1.82, 2.24) is 5.32 Å². The summed E-state index contributed by atoms with van der Waals surface area (Å²) < 4.78 is 16.0. The summed E-state index contributed by atoms with van der Waals surface area (Å²) in [5.41, 5.74) is 0.766. The van der Waals surface area contributed by atoms with Crippen molar-refractivity contribution in [3.8, 4) is 5.75 Å². The maximum atomic E-state index is 12.4. The molecule has 1 aromatic carbocycles. The van der Waals surface area contributed by atoms with Gasteiger partial charge in [0.15, 0.2) is 0 Å². The summed E-state index contributed by atoms with van der Waals surface area (Å²) in [6.45, 7) is 10.5. The molecule has 1 aromatic heterocycles. The molecule has 29 heavy (non-hydrogen) atoms. The largest absolute Gasteiger partial charge is 0.444 e. The summed E-state index contributed by atoms with van der Waals surface area (Å²) in [6, 6.07) is 4.05. The van der Waals surface area contributed by atoms with Gasteiger partial charge in [-0.2, -0.15) is 0 Å². The van der Waals surface area contributed by atoms with Crippen LogP contribution in [0.1, 0.15) is 58.6 Å². The van der Waals surface area contributed by atoms with Crippen LogP contribution < -0.4 is 15.7 Å². The monoisotopic (exact) mass is 403 g/mol. The first kappa shape index (κ1) is 22.5. The van der Waals surface area contributed by atoms with Crippen LogP contribution in [0.25, 0.3) is 11.0 Å². The number of carbonyl (C=O) groups is 2. The molecule has 0 saturated carbocycles. The highest BCUT2D eigenvalue weighted by Gasteiger charge is 2.23. The molecule has 0 unspecified atom stereocenters. The van der Waals surface area contributed by atoms with Gasteiger partial charge >= 0.3 is 17.7 Å². The van der Waals surface area contributed by atoms with Crippen molar-refractivity contribution in [2.45, 2.75) is 72.4 Å². The summed E-state index contributed by atoms with van der Waals surface area (Å²) in [4.78, 5) is 36.2. The molecule has 1 amide bonds. The van der Waals surface area contributed by atoms with Crippen LogP contribution in [-0.2, 0) is 16.0 Å². The third-order valence-corrected chi connectivity index (χ3v) is 4.29. The Balaban J connectivity index is 2.21. The zero-order valence-corrected chi connectivity index (χ0v) is 17.9. The Kier molecular flexibility index (Phi) is 7.06. The van der Waals surface area contributed by atoms with Gasteiger partial charge in [0.1, 0.15) is 23.0 Å². The van der Waals surface area contributed by atoms with Gasteiger partial charge in [-0.3, -0.25) is 0 Å². The quantitative estimate of drug-likeness (QED) is 0.440. The standard InChI is InChI=1S/C22H29NO6/c1-7-8-9-15-12-18(24)28-19-13(2)17(11-10-16(15)19)27-20(25)14(3)23-21(26)29-22(4,5)6/h10-12,14H,7-9H2,1-6H3,(H,23,26)/t14-/m0/s1. The van der Waals surface area contributed by atoms with E-state index in [1.165, 1.54) is 13.0 Å². The number of fused-ring (bicyclic) bond motifs is 1. The van der Waals surface area contributed by atoms with Gasteiger partial charge < -0.3 is 19.2 Å². The Morgan fingerprint density at radius 1 is 1.24 bits per heavy atom. The van der Waals surface area contributed by atoms with Crippen molar-refractivity contribution >= 4 is 23.0 Å². The second-order valence-electron chi connectivity index (χ2n) is 8.05. The lowest BCUT2D eigenvalue weighted by molar-refractivity contribution is -0.136. The van der Waals surface area contributed by atoms with Crippen LogP contribution in [0.2, 0.25) is 0 Å². The molecule has 0 bridgehead atoms. The number of hydrogen-bond acceptors (Lipinski definition) is 6. The molecule has 1 heterocycles. The molecule has 158 valence electrons. The zero-order valence-electron chi connectivity index (χ0n) is 17.9. The topological polar surface area (TPSA) is 94.8 Å². The van der Waals surface area contributed by atoms with Gasteiger partial charge in [-0.25, -0.2) is 14.4 Å². The van der Waals surface area contributed by atoms with Gasteiger partial charge in [0, 0.05) is 17.0 Å². The van der Waals surface area contributed by atoms with E-state index in [1.54, 1.807) is 39.8 Å². The van der Waals surface area contributed by atoms with E-state index in [9.17, 15) is 14.4 Å². The van der Waals surface area contributed by atoms with Crippen LogP contribution in [0.15, 0.2) is 27.4 Å². The molecule has 0 radical (unpaired) electrons. The fourth-order valence-electron chi connectivity index (χ4n) is 2.83. The highest BCUT2D eigenvalue weighted by atomic mass is 16.6. The normalized spacial score (nSPS) is 12.5. The lowest BCUT2D eigenvalue weighted by Gasteiger charge is -2.21. The Morgan fingerprint density at radius 3 is 2.55 bits per heavy atom. The van der Waals surface area contributed by atoms with Gasteiger partial charge in [0.05, 0.1) is 0 Å². The number of benzene rings is 1. The third kappa shape index (κ3) is 6.07. The van der Waals surface area contributed by atoms with E-state index in [2.05, 4.69) is 12.2 Å². The molecule has 1 N–H and O–H groups in total. The minimum absolute atomic E-state index is 0.274. The van der Waals surface area contributed by atoms with Crippen LogP contribution in [0.3, 0.4) is 0 Å². The molecule has 0 aliphatic carbocycles. The van der Waals surface area contributed by atoms with E-state index in [0.717, 1.165) is 30.2 Å². The summed E-state index contributed by atoms with van der Waals surface area (Å²) >= 11 is 0. The third-order valence-electron chi connectivity index (χ3n) is 4.29. The number of aryl methyl sites for hydroxylation is 2. The Hall–Kier alpha value is -2.83. The van der Waals surface area contributed by atoms with Gasteiger partial charge in [-0.1, -0.05) is 13.3 Å². The number of hydrogen-bond donors (Lipinski definition) is 1. The van der Waals surface area contributed by atoms with Crippen molar-refractivity contribution in [2.75, 3.05) is 0 Å². The smallest absolute Gasteiger partial charge is 0.408 e. The predicted octanol–water partition coefficient (Wildman–Crippen LogP) is 4.26. The van der Waals surface area contributed by atoms with E-state index in [4.69, 9.17) is 13.9 Å². The summed E-state index contributed by atoms with van der Waals surface area (Å²) in [7, 11) is 0. The molecular weight excluding hydrogens is 374 g/mol. The van der Waals surface area contributed by atoms with Gasteiger partial charge in [0.25, 0.3) is 0 Å². The fourth-order valence-corrected chi connectivity index (χ4v) is 2.83. The second kappa shape index (κ2) is 9.11. The minimum atomic E-state index is -0.914. The second-order valence-corrected chi connectivity index (χ2v) is 8.05. The average Bonchev–Trinajstić information content (AvgIpc) is 2.60. The average molecular weight is 403 g/mol. The molecular formula is C22H29NO6. The molecule has 7 nitrogen and oxygen atoms in total. The highest BCUT2D eigenvalue weighted by molar-refractivity contribution is 5.87. The number of amides is 1. The van der Waals surface area contributed by atoms with Crippen molar-refractivity contribution in [2.24, 2.45) is 0 Å². The molecule has 0 fully saturated rings. The zero-order chi connectivity index (χ0) is 21.8. The minimum Gasteiger partial charge on any atom is -0.444 e. The summed E-state index contributed by atoms with van der Waals surface area (Å²) in [5, 5.41) is 3.27. The molecule has 1 atom stereocenters. The Bertz CT molecular complexity index is 954. The van der Waals surface area contributed by atoms with E-state index < -0.39 is 29.3 Å². The van der Waals surface area contributed by atoms with Gasteiger partial charge in [-0.15, -0.1) is 0 Å². The molecule has 2 aromatic rings. The molecule has 2 rings (SSSR count). The van der Waals surface area contributed by atoms with Crippen molar-refractivity contribution in [1.29, 1.82) is 0 Å². The summed E-state index contributed by atoms with van der Waals surface area (Å²) in [6.07, 6.45) is 2.04. The first-order valence-corrected chi connectivity index (χ1v) is 9.79. The van der Waals surface area contributed by atoms with Gasteiger partial charge in [0.2, 0.25) is 0 Å². The van der Waals surface area contributed by atoms with Crippen LogP contribution in [-0.4, -0.2) is 23.7 Å². The lowest BCUT2D eigenvalue weighted by Crippen LogP contribution is -2.43. The number of esters is 1. The van der Waals surface area contributed by atoms with E-state index in [1.807, 2.05) is 0 Å². The van der Waals surface area contributed by atoms with E-state index >= 15 is 0 Å². The Labute approximate surface area is 170 Å².